The average molecular weight is 580 g/mol. The molecule has 1 unspecified atom stereocenters. The van der Waals surface area contributed by atoms with E-state index in [0.29, 0.717) is 31.5 Å². The van der Waals surface area contributed by atoms with Crippen molar-refractivity contribution in [3.05, 3.63) is 88.6 Å². The van der Waals surface area contributed by atoms with Crippen molar-refractivity contribution in [3.8, 4) is 20.9 Å². The number of rotatable bonds is 9. The van der Waals surface area contributed by atoms with Crippen LogP contribution in [0.25, 0.3) is 20.9 Å². The molecule has 2 amide bonds. The van der Waals surface area contributed by atoms with E-state index in [1.54, 1.807) is 40.9 Å². The smallest absolute Gasteiger partial charge is 0.238 e. The Morgan fingerprint density at radius 1 is 0.821 bits per heavy atom. The lowest BCUT2D eigenvalue weighted by molar-refractivity contribution is -0.133. The van der Waals surface area contributed by atoms with Gasteiger partial charge in [-0.05, 0) is 53.6 Å². The maximum absolute atomic E-state index is 13.0. The van der Waals surface area contributed by atoms with Gasteiger partial charge in [0, 0.05) is 38.6 Å². The van der Waals surface area contributed by atoms with E-state index in [4.69, 9.17) is 5.14 Å². The standard InChI is InChI=1S/C29H29N3O4S3/c30-39(35,36)27-9-2-1-5-22(27)20-12-10-19(11-13-20)17-31-28(33)23-6-3-7-24(23)29(34)32-18-21-14-15-26(38-21)25-8-4-16-37-25/h1-2,4-5,8-16,23-24H,3,6-7,17-18H2,(H,31,33)(H,32,34)(H2,30,35,36)/t23-,24?/m1/s1. The van der Waals surface area contributed by atoms with Crippen molar-refractivity contribution in [1.29, 1.82) is 0 Å². The first-order chi connectivity index (χ1) is 18.8. The Bertz CT molecular complexity index is 1560. The summed E-state index contributed by atoms with van der Waals surface area (Å²) < 4.78 is 23.9. The van der Waals surface area contributed by atoms with Crippen LogP contribution >= 0.6 is 22.7 Å². The highest BCUT2D eigenvalue weighted by molar-refractivity contribution is 7.89. The van der Waals surface area contributed by atoms with Crippen molar-refractivity contribution in [2.24, 2.45) is 17.0 Å². The van der Waals surface area contributed by atoms with Gasteiger partial charge >= 0.3 is 0 Å². The van der Waals surface area contributed by atoms with E-state index >= 15 is 0 Å². The Labute approximate surface area is 236 Å². The van der Waals surface area contributed by atoms with E-state index in [1.165, 1.54) is 15.8 Å². The molecule has 0 spiro atoms. The first kappa shape index (κ1) is 27.3. The van der Waals surface area contributed by atoms with Crippen molar-refractivity contribution >= 4 is 44.5 Å². The van der Waals surface area contributed by atoms with Crippen LogP contribution in [0.1, 0.15) is 29.7 Å². The van der Waals surface area contributed by atoms with Gasteiger partial charge in [0.2, 0.25) is 21.8 Å². The van der Waals surface area contributed by atoms with Gasteiger partial charge in [-0.3, -0.25) is 9.59 Å². The molecule has 1 saturated carbocycles. The first-order valence-corrected chi connectivity index (χ1v) is 15.9. The summed E-state index contributed by atoms with van der Waals surface area (Å²) in [6.45, 7) is 0.780. The van der Waals surface area contributed by atoms with Crippen molar-refractivity contribution < 1.29 is 18.0 Å². The molecule has 0 bridgehead atoms. The van der Waals surface area contributed by atoms with Gasteiger partial charge in [0.1, 0.15) is 0 Å². The zero-order chi connectivity index (χ0) is 27.4. The van der Waals surface area contributed by atoms with Crippen molar-refractivity contribution in [3.63, 3.8) is 0 Å². The molecule has 4 aromatic rings. The molecule has 2 aromatic carbocycles. The molecule has 1 aliphatic rings. The second-order valence-corrected chi connectivity index (χ2v) is 13.2. The van der Waals surface area contributed by atoms with Crippen LogP contribution in [0, 0.1) is 11.8 Å². The van der Waals surface area contributed by atoms with Crippen LogP contribution in [0.4, 0.5) is 0 Å². The van der Waals surface area contributed by atoms with E-state index in [-0.39, 0.29) is 28.5 Å². The summed E-state index contributed by atoms with van der Waals surface area (Å²) in [4.78, 5) is 29.6. The molecule has 2 aromatic heterocycles. The molecule has 5 rings (SSSR count). The lowest BCUT2D eigenvalue weighted by Crippen LogP contribution is -2.39. The number of benzene rings is 2. The number of primary sulfonamides is 1. The third kappa shape index (κ3) is 6.47. The summed E-state index contributed by atoms with van der Waals surface area (Å²) in [5.74, 6) is -0.876. The molecule has 0 saturated heterocycles. The van der Waals surface area contributed by atoms with E-state index < -0.39 is 10.0 Å². The Kier molecular flexibility index (Phi) is 8.27. The monoisotopic (exact) mass is 579 g/mol. The minimum Gasteiger partial charge on any atom is -0.352 e. The SMILES string of the molecule is NS(=O)(=O)c1ccccc1-c1ccc(CNC(=O)[C@@H]2CCCC2C(=O)NCc2ccc(-c3cccs3)s2)cc1. The van der Waals surface area contributed by atoms with E-state index in [0.717, 1.165) is 22.4 Å². The second kappa shape index (κ2) is 11.8. The zero-order valence-corrected chi connectivity index (χ0v) is 23.6. The van der Waals surface area contributed by atoms with Gasteiger partial charge < -0.3 is 10.6 Å². The molecular weight excluding hydrogens is 551 g/mol. The van der Waals surface area contributed by atoms with Gasteiger partial charge in [-0.25, -0.2) is 13.6 Å². The van der Waals surface area contributed by atoms with Gasteiger partial charge in [0.05, 0.1) is 11.4 Å². The fourth-order valence-electron chi connectivity index (χ4n) is 4.99. The fourth-order valence-corrected chi connectivity index (χ4v) is 7.54. The van der Waals surface area contributed by atoms with Crippen LogP contribution in [0.5, 0.6) is 0 Å². The molecule has 10 heteroatoms. The normalized spacial score (nSPS) is 17.2. The summed E-state index contributed by atoms with van der Waals surface area (Å²) >= 11 is 3.36. The predicted molar refractivity (Wildman–Crippen MR) is 155 cm³/mol. The van der Waals surface area contributed by atoms with Gasteiger partial charge in [-0.15, -0.1) is 22.7 Å². The number of hydrogen-bond donors (Lipinski definition) is 3. The number of nitrogens with one attached hydrogen (secondary N) is 2. The summed E-state index contributed by atoms with van der Waals surface area (Å²) in [6.07, 6.45) is 2.23. The van der Waals surface area contributed by atoms with Crippen LogP contribution in [-0.4, -0.2) is 20.2 Å². The maximum atomic E-state index is 13.0. The number of sulfonamides is 1. The lowest BCUT2D eigenvalue weighted by atomic mass is 9.94. The molecule has 0 aliphatic heterocycles. The van der Waals surface area contributed by atoms with Crippen LogP contribution in [0.2, 0.25) is 0 Å². The fraction of sp³-hybridized carbons (Fsp3) is 0.241. The van der Waals surface area contributed by atoms with E-state index in [2.05, 4.69) is 22.8 Å². The third-order valence-corrected chi connectivity index (χ3v) is 10.1. The summed E-state index contributed by atoms with van der Waals surface area (Å²) in [5, 5.41) is 13.4. The summed E-state index contributed by atoms with van der Waals surface area (Å²) in [6, 6.07) is 22.1. The summed E-state index contributed by atoms with van der Waals surface area (Å²) in [7, 11) is -3.85. The molecule has 1 aliphatic carbocycles. The van der Waals surface area contributed by atoms with Gasteiger partial charge in [0.25, 0.3) is 0 Å². The molecule has 39 heavy (non-hydrogen) atoms. The quantitative estimate of drug-likeness (QED) is 0.254. The largest absolute Gasteiger partial charge is 0.352 e. The average Bonchev–Trinajstić information content (AvgIpc) is 3.72. The predicted octanol–water partition coefficient (Wildman–Crippen LogP) is 5.14. The molecule has 7 nitrogen and oxygen atoms in total. The molecule has 4 N–H and O–H groups in total. The molecule has 2 atom stereocenters. The number of nitrogens with two attached hydrogens (primary N) is 1. The van der Waals surface area contributed by atoms with Crippen molar-refractivity contribution in [2.75, 3.05) is 0 Å². The van der Waals surface area contributed by atoms with Crippen LogP contribution in [0.15, 0.2) is 83.1 Å². The zero-order valence-electron chi connectivity index (χ0n) is 21.1. The van der Waals surface area contributed by atoms with Crippen LogP contribution < -0.4 is 15.8 Å². The topological polar surface area (TPSA) is 118 Å². The minimum absolute atomic E-state index is 0.0682. The second-order valence-electron chi connectivity index (χ2n) is 9.56. The molecule has 2 heterocycles. The van der Waals surface area contributed by atoms with Gasteiger partial charge in [-0.2, -0.15) is 0 Å². The van der Waals surface area contributed by atoms with Gasteiger partial charge in [-0.1, -0.05) is 55.0 Å². The van der Waals surface area contributed by atoms with Crippen molar-refractivity contribution in [1.82, 2.24) is 10.6 Å². The molecule has 0 radical (unpaired) electrons. The highest BCUT2D eigenvalue weighted by atomic mass is 32.2. The van der Waals surface area contributed by atoms with E-state index in [1.807, 2.05) is 41.8 Å². The number of carbonyl (C=O) groups excluding carboxylic acids is 2. The number of carbonyl (C=O) groups is 2. The molecule has 1 fully saturated rings. The molecular formula is C29H29N3O4S3. The van der Waals surface area contributed by atoms with Crippen LogP contribution in [-0.2, 0) is 32.7 Å². The Morgan fingerprint density at radius 3 is 2.18 bits per heavy atom. The van der Waals surface area contributed by atoms with E-state index in [9.17, 15) is 18.0 Å². The first-order valence-electron chi connectivity index (χ1n) is 12.7. The highest BCUT2D eigenvalue weighted by Gasteiger charge is 2.37. The highest BCUT2D eigenvalue weighted by Crippen LogP contribution is 2.34. The minimum atomic E-state index is -3.85. The number of thiophene rings is 2. The number of hydrogen-bond acceptors (Lipinski definition) is 6. The Morgan fingerprint density at radius 2 is 1.51 bits per heavy atom. The Hall–Kier alpha value is -3.31. The lowest BCUT2D eigenvalue weighted by Gasteiger charge is -2.19. The van der Waals surface area contributed by atoms with Gasteiger partial charge in [0.15, 0.2) is 0 Å². The molecule has 202 valence electrons. The Balaban J connectivity index is 1.15. The van der Waals surface area contributed by atoms with Crippen molar-refractivity contribution in [2.45, 2.75) is 37.2 Å². The number of amides is 2. The maximum Gasteiger partial charge on any atom is 0.238 e. The summed E-state index contributed by atoms with van der Waals surface area (Å²) in [5.41, 5.74) is 2.12. The van der Waals surface area contributed by atoms with Crippen LogP contribution in [0.3, 0.4) is 0 Å². The third-order valence-electron chi connectivity index (χ3n) is 6.98.